The number of carbonyl (C=O) groups excluding carboxylic acids is 3. The summed E-state index contributed by atoms with van der Waals surface area (Å²) in [6.45, 7) is 2.89. The van der Waals surface area contributed by atoms with Crippen LogP contribution in [0.5, 0.6) is 0 Å². The van der Waals surface area contributed by atoms with Gasteiger partial charge in [0.05, 0.1) is 0 Å². The van der Waals surface area contributed by atoms with Crippen molar-refractivity contribution >= 4 is 23.5 Å². The highest BCUT2D eigenvalue weighted by molar-refractivity contribution is 6.01. The van der Waals surface area contributed by atoms with Crippen molar-refractivity contribution in [1.29, 1.82) is 0 Å². The normalized spacial score (nSPS) is 14.5. The van der Waals surface area contributed by atoms with E-state index in [1.54, 1.807) is 0 Å². The molecule has 1 heterocycles. The number of nitrogens with two attached hydrogens (primary N) is 1. The van der Waals surface area contributed by atoms with Crippen LogP contribution >= 0.6 is 0 Å². The second-order valence-corrected chi connectivity index (χ2v) is 8.05. The third-order valence-corrected chi connectivity index (χ3v) is 5.16. The lowest BCUT2D eigenvalue weighted by Crippen LogP contribution is -2.43. The molecule has 10 heteroatoms. The van der Waals surface area contributed by atoms with Crippen molar-refractivity contribution in [3.05, 3.63) is 26.4 Å². The quantitative estimate of drug-likeness (QED) is 0.450. The van der Waals surface area contributed by atoms with E-state index >= 15 is 0 Å². The van der Waals surface area contributed by atoms with Gasteiger partial charge in [0.25, 0.3) is 5.56 Å². The van der Waals surface area contributed by atoms with Crippen LogP contribution in [0, 0.1) is 11.8 Å². The number of nitrogens with one attached hydrogen (secondary N) is 1. The van der Waals surface area contributed by atoms with E-state index in [4.69, 9.17) is 10.5 Å². The van der Waals surface area contributed by atoms with E-state index in [1.807, 2.05) is 13.8 Å². The summed E-state index contributed by atoms with van der Waals surface area (Å²) < 4.78 is 6.86. The van der Waals surface area contributed by atoms with Crippen molar-refractivity contribution in [2.45, 2.75) is 52.5 Å². The maximum atomic E-state index is 12.5. The van der Waals surface area contributed by atoms with Crippen LogP contribution in [-0.4, -0.2) is 39.9 Å². The fourth-order valence-corrected chi connectivity index (χ4v) is 3.52. The van der Waals surface area contributed by atoms with Gasteiger partial charge in [-0.15, -0.1) is 0 Å². The predicted molar refractivity (Wildman–Crippen MR) is 110 cm³/mol. The van der Waals surface area contributed by atoms with E-state index in [0.29, 0.717) is 0 Å². The Bertz CT molecular complexity index is 924. The molecule has 0 saturated heterocycles. The lowest BCUT2D eigenvalue weighted by atomic mass is 9.89. The summed E-state index contributed by atoms with van der Waals surface area (Å²) in [6.07, 6.45) is 4.70. The molecule has 0 radical (unpaired) electrons. The molecule has 2 rings (SSSR count). The van der Waals surface area contributed by atoms with Crippen LogP contribution < -0.4 is 22.3 Å². The molecule has 0 bridgehead atoms. The SMILES string of the molecule is CC(C)Cn1c(N)c(C(=O)COC(=O)CNC(=O)C2CCCCC2)c(=O)n(C)c1=O. The number of ether oxygens (including phenoxy) is 1. The van der Waals surface area contributed by atoms with E-state index in [0.717, 1.165) is 41.2 Å². The molecule has 0 spiro atoms. The number of nitrogens with zero attached hydrogens (tertiary/aromatic N) is 2. The van der Waals surface area contributed by atoms with E-state index in [1.165, 1.54) is 7.05 Å². The van der Waals surface area contributed by atoms with Gasteiger partial charge in [0, 0.05) is 19.5 Å². The highest BCUT2D eigenvalue weighted by atomic mass is 16.5. The van der Waals surface area contributed by atoms with Crippen molar-refractivity contribution in [2.24, 2.45) is 18.9 Å². The Morgan fingerprint density at radius 1 is 1.17 bits per heavy atom. The molecule has 1 saturated carbocycles. The highest BCUT2D eigenvalue weighted by Crippen LogP contribution is 2.23. The molecule has 1 aromatic rings. The van der Waals surface area contributed by atoms with Crippen molar-refractivity contribution in [3.63, 3.8) is 0 Å². The fourth-order valence-electron chi connectivity index (χ4n) is 3.52. The molecule has 166 valence electrons. The van der Waals surface area contributed by atoms with E-state index in [2.05, 4.69) is 5.32 Å². The van der Waals surface area contributed by atoms with Gasteiger partial charge in [-0.2, -0.15) is 0 Å². The zero-order chi connectivity index (χ0) is 22.4. The van der Waals surface area contributed by atoms with Gasteiger partial charge >= 0.3 is 11.7 Å². The van der Waals surface area contributed by atoms with E-state index in [-0.39, 0.29) is 36.7 Å². The topological polar surface area (TPSA) is 142 Å². The zero-order valence-electron chi connectivity index (χ0n) is 17.7. The molecule has 1 aliphatic carbocycles. The molecule has 10 nitrogen and oxygen atoms in total. The molecule has 1 aromatic heterocycles. The number of aromatic nitrogens is 2. The van der Waals surface area contributed by atoms with Crippen molar-refractivity contribution < 1.29 is 19.1 Å². The van der Waals surface area contributed by atoms with Gasteiger partial charge in [-0.3, -0.25) is 28.3 Å². The first-order valence-electron chi connectivity index (χ1n) is 10.2. The monoisotopic (exact) mass is 422 g/mol. The zero-order valence-corrected chi connectivity index (χ0v) is 17.7. The number of ketones is 1. The van der Waals surface area contributed by atoms with E-state index in [9.17, 15) is 24.0 Å². The predicted octanol–water partition coefficient (Wildman–Crippen LogP) is 0.208. The Kier molecular flexibility index (Phi) is 7.96. The average Bonchev–Trinajstić information content (AvgIpc) is 2.72. The van der Waals surface area contributed by atoms with Crippen LogP contribution in [0.3, 0.4) is 0 Å². The average molecular weight is 422 g/mol. The molecule has 0 unspecified atom stereocenters. The molecule has 0 atom stereocenters. The molecular weight excluding hydrogens is 392 g/mol. The summed E-state index contributed by atoms with van der Waals surface area (Å²) in [6, 6.07) is 0. The minimum atomic E-state index is -0.843. The van der Waals surface area contributed by atoms with Crippen molar-refractivity contribution in [2.75, 3.05) is 18.9 Å². The number of amides is 1. The molecule has 3 N–H and O–H groups in total. The second-order valence-electron chi connectivity index (χ2n) is 8.05. The molecule has 1 aliphatic rings. The van der Waals surface area contributed by atoms with Crippen molar-refractivity contribution in [1.82, 2.24) is 14.5 Å². The molecule has 1 amide bonds. The maximum Gasteiger partial charge on any atom is 0.332 e. The minimum absolute atomic E-state index is 0.0519. The first-order valence-corrected chi connectivity index (χ1v) is 10.2. The number of nitrogen functional groups attached to an aromatic ring is 1. The lowest BCUT2D eigenvalue weighted by molar-refractivity contribution is -0.143. The van der Waals surface area contributed by atoms with Crippen LogP contribution in [0.2, 0.25) is 0 Å². The van der Waals surface area contributed by atoms with Gasteiger partial charge in [0.2, 0.25) is 11.7 Å². The highest BCUT2D eigenvalue weighted by Gasteiger charge is 2.24. The summed E-state index contributed by atoms with van der Waals surface area (Å²) in [5, 5.41) is 2.52. The Morgan fingerprint density at radius 2 is 1.80 bits per heavy atom. The largest absolute Gasteiger partial charge is 0.456 e. The first-order chi connectivity index (χ1) is 14.1. The second kappa shape index (κ2) is 10.2. The molecular formula is C20H30N4O6. The Labute approximate surface area is 174 Å². The summed E-state index contributed by atoms with van der Waals surface area (Å²) in [5.74, 6) is -2.09. The van der Waals surface area contributed by atoms with Crippen molar-refractivity contribution in [3.8, 4) is 0 Å². The van der Waals surface area contributed by atoms with Gasteiger partial charge < -0.3 is 15.8 Å². The minimum Gasteiger partial charge on any atom is -0.456 e. The number of rotatable bonds is 8. The Balaban J connectivity index is 2.01. The summed E-state index contributed by atoms with van der Waals surface area (Å²) >= 11 is 0. The molecule has 0 aliphatic heterocycles. The Hall–Kier alpha value is -2.91. The number of Topliss-reactive ketones (excluding diaryl/α,β-unsaturated/α-hetero) is 1. The van der Waals surface area contributed by atoms with Crippen LogP contribution in [0.1, 0.15) is 56.3 Å². The number of esters is 1. The number of hydrogen-bond donors (Lipinski definition) is 2. The maximum absolute atomic E-state index is 12.5. The number of hydrogen-bond acceptors (Lipinski definition) is 7. The van der Waals surface area contributed by atoms with Gasteiger partial charge in [-0.25, -0.2) is 4.79 Å². The first kappa shape index (κ1) is 23.4. The standard InChI is InChI=1S/C20H30N4O6/c1-12(2)10-24-17(21)16(19(28)23(3)20(24)29)14(25)11-30-15(26)9-22-18(27)13-7-5-4-6-8-13/h12-13H,4-11,21H2,1-3H3,(H,22,27). The van der Waals surface area contributed by atoms with Gasteiger partial charge in [-0.1, -0.05) is 33.1 Å². The van der Waals surface area contributed by atoms with Gasteiger partial charge in [0.1, 0.15) is 17.9 Å². The van der Waals surface area contributed by atoms with Crippen LogP contribution in [0.4, 0.5) is 5.82 Å². The summed E-state index contributed by atoms with van der Waals surface area (Å²) in [7, 11) is 1.25. The third kappa shape index (κ3) is 5.58. The Morgan fingerprint density at radius 3 is 2.40 bits per heavy atom. The smallest absolute Gasteiger partial charge is 0.332 e. The van der Waals surface area contributed by atoms with Crippen LogP contribution in [0.15, 0.2) is 9.59 Å². The molecule has 1 fully saturated rings. The van der Waals surface area contributed by atoms with Gasteiger partial charge in [0.15, 0.2) is 6.61 Å². The molecule has 30 heavy (non-hydrogen) atoms. The summed E-state index contributed by atoms with van der Waals surface area (Å²) in [4.78, 5) is 61.1. The van der Waals surface area contributed by atoms with Crippen LogP contribution in [-0.2, 0) is 27.9 Å². The van der Waals surface area contributed by atoms with E-state index < -0.39 is 35.2 Å². The number of anilines is 1. The molecule has 0 aromatic carbocycles. The third-order valence-electron chi connectivity index (χ3n) is 5.16. The summed E-state index contributed by atoms with van der Waals surface area (Å²) in [5.41, 5.74) is 4.07. The number of carbonyl (C=O) groups is 3. The fraction of sp³-hybridized carbons (Fsp3) is 0.650. The van der Waals surface area contributed by atoms with Gasteiger partial charge in [-0.05, 0) is 18.8 Å². The lowest BCUT2D eigenvalue weighted by Gasteiger charge is -2.20. The van der Waals surface area contributed by atoms with Crippen LogP contribution in [0.25, 0.3) is 0 Å².